The molecule has 0 atom stereocenters. The predicted octanol–water partition coefficient (Wildman–Crippen LogP) is 5.73. The number of hydrogen-bond acceptors (Lipinski definition) is 0. The third-order valence-corrected chi connectivity index (χ3v) is 8.01. The van der Waals surface area contributed by atoms with E-state index in [1.54, 1.807) is 19.5 Å². The molecule has 0 fully saturated rings. The normalized spacial score (nSPS) is 23.7. The Morgan fingerprint density at radius 2 is 1.79 bits per heavy atom. The Morgan fingerprint density at radius 3 is 2.42 bits per heavy atom. The fourth-order valence-electron chi connectivity index (χ4n) is 2.80. The molecule has 0 bridgehead atoms. The molecular formula is C18H26Ru. The number of allylic oxidation sites excluding steroid dienone is 8. The molecule has 0 N–H and O–H groups in total. The van der Waals surface area contributed by atoms with Crippen molar-refractivity contribution in [3.63, 3.8) is 0 Å². The molecule has 0 nitrogen and oxygen atoms in total. The van der Waals surface area contributed by atoms with E-state index in [0.29, 0.717) is 5.41 Å². The molecule has 2 rings (SSSR count). The van der Waals surface area contributed by atoms with Crippen molar-refractivity contribution in [2.45, 2.75) is 60.3 Å². The molecule has 0 aromatic rings. The monoisotopic (exact) mass is 344 g/mol. The van der Waals surface area contributed by atoms with Gasteiger partial charge in [0.05, 0.1) is 0 Å². The van der Waals surface area contributed by atoms with E-state index < -0.39 is 0 Å². The Labute approximate surface area is 126 Å². The molecule has 0 aromatic carbocycles. The summed E-state index contributed by atoms with van der Waals surface area (Å²) in [7, 11) is 0. The van der Waals surface area contributed by atoms with Crippen LogP contribution in [0.1, 0.15) is 60.3 Å². The fraction of sp³-hybridized carbons (Fsp3) is 0.556. The molecular weight excluding hydrogens is 317 g/mol. The Bertz CT molecular complexity index is 484. The van der Waals surface area contributed by atoms with E-state index in [0.717, 1.165) is 0 Å². The molecule has 0 unspecified atom stereocenters. The summed E-state index contributed by atoms with van der Waals surface area (Å²) in [5, 5.41) is 0. The van der Waals surface area contributed by atoms with Gasteiger partial charge in [-0.15, -0.1) is 0 Å². The van der Waals surface area contributed by atoms with Gasteiger partial charge in [-0.25, -0.2) is 0 Å². The predicted molar refractivity (Wildman–Crippen MR) is 80.5 cm³/mol. The number of hydrogen-bond donors (Lipinski definition) is 0. The van der Waals surface area contributed by atoms with Gasteiger partial charge in [0.15, 0.2) is 0 Å². The Balaban J connectivity index is 2.24. The van der Waals surface area contributed by atoms with E-state index >= 15 is 0 Å². The summed E-state index contributed by atoms with van der Waals surface area (Å²) in [6.07, 6.45) is 12.3. The van der Waals surface area contributed by atoms with Crippen LogP contribution >= 0.6 is 0 Å². The van der Waals surface area contributed by atoms with Crippen molar-refractivity contribution in [3.8, 4) is 0 Å². The molecule has 0 saturated heterocycles. The van der Waals surface area contributed by atoms with Crippen molar-refractivity contribution < 1.29 is 17.1 Å². The van der Waals surface area contributed by atoms with Crippen molar-refractivity contribution >= 4 is 0 Å². The second kappa shape index (κ2) is 5.92. The molecule has 2 aliphatic rings. The molecule has 0 radical (unpaired) electrons. The van der Waals surface area contributed by atoms with Gasteiger partial charge in [0.25, 0.3) is 0 Å². The maximum atomic E-state index is 2.41. The van der Waals surface area contributed by atoms with Crippen LogP contribution in [0.5, 0.6) is 0 Å². The first-order valence-corrected chi connectivity index (χ1v) is 9.06. The van der Waals surface area contributed by atoms with Crippen LogP contribution in [0.4, 0.5) is 0 Å². The Morgan fingerprint density at radius 1 is 1.05 bits per heavy atom. The minimum atomic E-state index is 0.239. The second-order valence-corrected chi connectivity index (χ2v) is 8.58. The van der Waals surface area contributed by atoms with Gasteiger partial charge >= 0.3 is 126 Å². The van der Waals surface area contributed by atoms with Gasteiger partial charge in [0.1, 0.15) is 0 Å². The fourth-order valence-corrected chi connectivity index (χ4v) is 5.72. The zero-order valence-corrected chi connectivity index (χ0v) is 14.7. The summed E-state index contributed by atoms with van der Waals surface area (Å²) in [4.78, 5) is 0. The quantitative estimate of drug-likeness (QED) is 0.561. The molecule has 0 aliphatic heterocycles. The van der Waals surface area contributed by atoms with Crippen molar-refractivity contribution in [2.75, 3.05) is 0 Å². The standard InChI is InChI=1S/C10H15.C8H11.Ru/c1-7-6-10(4,5)9(3)8(7)2;1-2-4-6-8-7-5-3-1;/h1-5H3;1-3H,4,6-8H2;. The zero-order chi connectivity index (χ0) is 14.0. The third-order valence-electron chi connectivity index (χ3n) is 4.56. The molecule has 106 valence electrons. The van der Waals surface area contributed by atoms with Crippen molar-refractivity contribution in [1.29, 1.82) is 0 Å². The molecule has 0 saturated carbocycles. The van der Waals surface area contributed by atoms with Crippen LogP contribution in [0.15, 0.2) is 43.3 Å². The van der Waals surface area contributed by atoms with E-state index in [-0.39, 0.29) is 17.1 Å². The van der Waals surface area contributed by atoms with E-state index in [1.807, 2.05) is 0 Å². The van der Waals surface area contributed by atoms with Crippen LogP contribution < -0.4 is 0 Å². The minimum absolute atomic E-state index is 0.239. The van der Waals surface area contributed by atoms with Gasteiger partial charge in [0, 0.05) is 0 Å². The van der Waals surface area contributed by atoms with Gasteiger partial charge in [0.2, 0.25) is 0 Å². The summed E-state index contributed by atoms with van der Waals surface area (Å²) < 4.78 is 3.43. The van der Waals surface area contributed by atoms with Gasteiger partial charge in [-0.1, -0.05) is 0 Å². The summed E-state index contributed by atoms with van der Waals surface area (Å²) in [6, 6.07) is 0. The third kappa shape index (κ3) is 3.02. The molecule has 19 heavy (non-hydrogen) atoms. The summed E-state index contributed by atoms with van der Waals surface area (Å²) in [5.41, 5.74) is 4.99. The van der Waals surface area contributed by atoms with Crippen molar-refractivity contribution in [2.24, 2.45) is 5.41 Å². The van der Waals surface area contributed by atoms with Crippen molar-refractivity contribution in [1.82, 2.24) is 0 Å². The molecule has 2 aliphatic carbocycles. The maximum absolute atomic E-state index is 2.41. The van der Waals surface area contributed by atoms with Gasteiger partial charge in [-0.05, 0) is 0 Å². The van der Waals surface area contributed by atoms with Gasteiger partial charge in [-0.3, -0.25) is 0 Å². The topological polar surface area (TPSA) is 0 Å². The average Bonchev–Trinajstić information content (AvgIpc) is 2.46. The Kier molecular flexibility index (Phi) is 4.67. The molecule has 1 heteroatoms. The zero-order valence-electron chi connectivity index (χ0n) is 12.9. The molecule has 0 spiro atoms. The van der Waals surface area contributed by atoms with Crippen molar-refractivity contribution in [3.05, 3.63) is 43.3 Å². The Hall–Kier alpha value is -0.417. The van der Waals surface area contributed by atoms with Gasteiger partial charge < -0.3 is 0 Å². The second-order valence-electron chi connectivity index (χ2n) is 6.16. The molecule has 0 aromatic heterocycles. The van der Waals surface area contributed by atoms with E-state index in [2.05, 4.69) is 52.8 Å². The van der Waals surface area contributed by atoms with E-state index in [9.17, 15) is 0 Å². The van der Waals surface area contributed by atoms with Crippen LogP contribution in [-0.4, -0.2) is 0 Å². The molecule has 0 amide bonds. The first-order valence-electron chi connectivity index (χ1n) is 7.32. The first kappa shape index (κ1) is 15.0. The summed E-state index contributed by atoms with van der Waals surface area (Å²) in [6.45, 7) is 11.8. The number of rotatable bonds is 2. The summed E-state index contributed by atoms with van der Waals surface area (Å²) >= 11 is 0.239. The summed E-state index contributed by atoms with van der Waals surface area (Å²) in [5.74, 6) is 0. The van der Waals surface area contributed by atoms with E-state index in [4.69, 9.17) is 0 Å². The van der Waals surface area contributed by atoms with Crippen LogP contribution in [0.3, 0.4) is 0 Å². The SMILES string of the molecule is CC1=C(C)C(C)(C)[C]([Ru][C]2=CC=CCCCC2)=C1C. The van der Waals surface area contributed by atoms with Gasteiger partial charge in [-0.2, -0.15) is 0 Å². The molecule has 0 heterocycles. The average molecular weight is 343 g/mol. The van der Waals surface area contributed by atoms with Crippen LogP contribution in [0.25, 0.3) is 0 Å². The van der Waals surface area contributed by atoms with Crippen LogP contribution in [0.2, 0.25) is 0 Å². The van der Waals surface area contributed by atoms with E-state index in [1.165, 1.54) is 31.3 Å². The van der Waals surface area contributed by atoms with Crippen LogP contribution in [-0.2, 0) is 17.1 Å². The first-order chi connectivity index (χ1) is 8.94. The van der Waals surface area contributed by atoms with Crippen LogP contribution in [0, 0.1) is 5.41 Å².